The highest BCUT2D eigenvalue weighted by molar-refractivity contribution is 7.47. The molecule has 11 nitrogen and oxygen atoms in total. The van der Waals surface area contributed by atoms with E-state index in [2.05, 4.69) is 30.5 Å². The second-order valence-corrected chi connectivity index (χ2v) is 17.3. The minimum atomic E-state index is -4.71. The van der Waals surface area contributed by atoms with Gasteiger partial charge in [0.25, 0.3) is 0 Å². The van der Waals surface area contributed by atoms with E-state index in [0.29, 0.717) is 12.8 Å². The average molecular weight is 832 g/mol. The van der Waals surface area contributed by atoms with Gasteiger partial charge < -0.3 is 25.2 Å². The van der Waals surface area contributed by atoms with Crippen molar-refractivity contribution in [2.24, 2.45) is 5.73 Å². The fourth-order valence-corrected chi connectivity index (χ4v) is 7.36. The van der Waals surface area contributed by atoms with Crippen LogP contribution in [-0.2, 0) is 37.5 Å². The second kappa shape index (κ2) is 41.0. The lowest BCUT2D eigenvalue weighted by molar-refractivity contribution is -0.161. The molecular formula is C45H86NO10P. The standard InChI is InChI=1S/C45H86NO10P/c1-3-5-7-9-11-13-15-16-17-18-19-20-21-22-23-24-25-27-28-30-32-34-36-43(47)53-38-41(39-54-57(51,52)55-40-42(46)45(49)50)56-44(48)37-35-33-31-29-26-14-12-10-8-6-4-2/h10,12,41-42H,3-9,11,13-40,46H2,1-2H3,(H,49,50)(H,51,52)/b12-10-. The van der Waals surface area contributed by atoms with Gasteiger partial charge >= 0.3 is 25.7 Å². The third kappa shape index (κ3) is 40.8. The quantitative estimate of drug-likeness (QED) is 0.0231. The fourth-order valence-electron chi connectivity index (χ4n) is 6.58. The minimum absolute atomic E-state index is 0.154. The molecule has 0 aliphatic heterocycles. The van der Waals surface area contributed by atoms with Crippen molar-refractivity contribution in [3.8, 4) is 0 Å². The van der Waals surface area contributed by atoms with Crippen molar-refractivity contribution in [3.05, 3.63) is 12.2 Å². The largest absolute Gasteiger partial charge is 0.480 e. The Morgan fingerprint density at radius 1 is 0.526 bits per heavy atom. The van der Waals surface area contributed by atoms with E-state index in [4.69, 9.17) is 24.8 Å². The topological polar surface area (TPSA) is 172 Å². The fraction of sp³-hybridized carbons (Fsp3) is 0.889. The first-order valence-corrected chi connectivity index (χ1v) is 24.7. The van der Waals surface area contributed by atoms with Crippen molar-refractivity contribution < 1.29 is 47.5 Å². The zero-order valence-electron chi connectivity index (χ0n) is 36.5. The number of carboxylic acid groups (broad SMARTS) is 1. The highest BCUT2D eigenvalue weighted by Gasteiger charge is 2.28. The SMILES string of the molecule is CCCC/C=C\CCCCCCCC(=O)OC(COC(=O)CCCCCCCCCCCCCCCCCCCCCCCC)COP(=O)(O)OCC(N)C(=O)O. The van der Waals surface area contributed by atoms with Crippen molar-refractivity contribution in [2.45, 2.75) is 238 Å². The zero-order chi connectivity index (χ0) is 42.1. The number of unbranched alkanes of at least 4 members (excludes halogenated alkanes) is 28. The number of phosphoric ester groups is 1. The van der Waals surface area contributed by atoms with Crippen molar-refractivity contribution in [1.29, 1.82) is 0 Å². The average Bonchev–Trinajstić information content (AvgIpc) is 3.19. The number of ether oxygens (including phenoxy) is 2. The number of nitrogens with two attached hydrogens (primary N) is 1. The summed E-state index contributed by atoms with van der Waals surface area (Å²) < 4.78 is 32.7. The molecule has 0 heterocycles. The van der Waals surface area contributed by atoms with E-state index in [-0.39, 0.29) is 19.4 Å². The molecule has 0 aliphatic rings. The summed E-state index contributed by atoms with van der Waals surface area (Å²) in [7, 11) is -4.71. The van der Waals surface area contributed by atoms with Gasteiger partial charge in [0, 0.05) is 12.8 Å². The second-order valence-electron chi connectivity index (χ2n) is 15.9. The molecular weight excluding hydrogens is 745 g/mol. The number of hydrogen-bond acceptors (Lipinski definition) is 9. The van der Waals surface area contributed by atoms with Gasteiger partial charge in [-0.3, -0.25) is 23.4 Å². The number of allylic oxidation sites excluding steroid dienone is 2. The normalized spacial score (nSPS) is 13.8. The molecule has 0 spiro atoms. The highest BCUT2D eigenvalue weighted by atomic mass is 31.2. The molecule has 57 heavy (non-hydrogen) atoms. The summed E-state index contributed by atoms with van der Waals surface area (Å²) in [6.45, 7) is 2.78. The van der Waals surface area contributed by atoms with Crippen LogP contribution in [0.15, 0.2) is 12.2 Å². The number of carbonyl (C=O) groups is 3. The van der Waals surface area contributed by atoms with Gasteiger partial charge in [0.1, 0.15) is 12.6 Å². The van der Waals surface area contributed by atoms with Crippen LogP contribution in [0.3, 0.4) is 0 Å². The van der Waals surface area contributed by atoms with E-state index < -0.39 is 51.1 Å². The molecule has 3 unspecified atom stereocenters. The van der Waals surface area contributed by atoms with E-state index in [9.17, 15) is 23.8 Å². The van der Waals surface area contributed by atoms with Gasteiger partial charge in [-0.25, -0.2) is 4.57 Å². The molecule has 4 N–H and O–H groups in total. The number of carboxylic acids is 1. The lowest BCUT2D eigenvalue weighted by Gasteiger charge is -2.20. The summed E-state index contributed by atoms with van der Waals surface area (Å²) in [6.07, 6.45) is 41.5. The number of hydrogen-bond donors (Lipinski definition) is 3. The van der Waals surface area contributed by atoms with Crippen molar-refractivity contribution in [3.63, 3.8) is 0 Å². The van der Waals surface area contributed by atoms with E-state index in [1.807, 2.05) is 0 Å². The lowest BCUT2D eigenvalue weighted by atomic mass is 10.0. The Bertz CT molecular complexity index is 1030. The summed E-state index contributed by atoms with van der Waals surface area (Å²) in [5.74, 6) is -2.38. The predicted molar refractivity (Wildman–Crippen MR) is 231 cm³/mol. The molecule has 0 saturated carbocycles. The van der Waals surface area contributed by atoms with Gasteiger partial charge in [-0.2, -0.15) is 0 Å². The Labute approximate surface area is 348 Å². The van der Waals surface area contributed by atoms with Crippen LogP contribution in [0.5, 0.6) is 0 Å². The Morgan fingerprint density at radius 2 is 0.895 bits per heavy atom. The molecule has 12 heteroatoms. The molecule has 0 aromatic rings. The van der Waals surface area contributed by atoms with Gasteiger partial charge in [0.05, 0.1) is 13.2 Å². The summed E-state index contributed by atoms with van der Waals surface area (Å²) in [4.78, 5) is 45.9. The molecule has 0 saturated heterocycles. The van der Waals surface area contributed by atoms with Gasteiger partial charge in [-0.15, -0.1) is 0 Å². The van der Waals surface area contributed by atoms with Crippen molar-refractivity contribution >= 4 is 25.7 Å². The van der Waals surface area contributed by atoms with Crippen LogP contribution in [0.2, 0.25) is 0 Å². The van der Waals surface area contributed by atoms with Crippen LogP contribution in [0.25, 0.3) is 0 Å². The first-order chi connectivity index (χ1) is 27.6. The predicted octanol–water partition coefficient (Wildman–Crippen LogP) is 12.5. The third-order valence-electron chi connectivity index (χ3n) is 10.3. The first-order valence-electron chi connectivity index (χ1n) is 23.2. The molecule has 0 rings (SSSR count). The summed E-state index contributed by atoms with van der Waals surface area (Å²) in [5, 5.41) is 8.88. The minimum Gasteiger partial charge on any atom is -0.480 e. The van der Waals surface area contributed by atoms with Crippen LogP contribution in [0.4, 0.5) is 0 Å². The Kier molecular flexibility index (Phi) is 39.7. The summed E-state index contributed by atoms with van der Waals surface area (Å²) in [5.41, 5.74) is 5.33. The highest BCUT2D eigenvalue weighted by Crippen LogP contribution is 2.43. The number of esters is 2. The zero-order valence-corrected chi connectivity index (χ0v) is 37.3. The number of carbonyl (C=O) groups excluding carboxylic acids is 2. The molecule has 0 amide bonds. The molecule has 0 aromatic heterocycles. The Morgan fingerprint density at radius 3 is 1.33 bits per heavy atom. The number of phosphoric acid groups is 1. The maximum atomic E-state index is 12.6. The molecule has 0 aliphatic carbocycles. The Balaban J connectivity index is 4.17. The van der Waals surface area contributed by atoms with Crippen LogP contribution >= 0.6 is 7.82 Å². The van der Waals surface area contributed by atoms with E-state index in [1.54, 1.807) is 0 Å². The summed E-state index contributed by atoms with van der Waals surface area (Å²) in [6, 6.07) is -1.52. The van der Waals surface area contributed by atoms with Crippen LogP contribution < -0.4 is 5.73 Å². The lowest BCUT2D eigenvalue weighted by Crippen LogP contribution is -2.34. The van der Waals surface area contributed by atoms with Gasteiger partial charge in [-0.1, -0.05) is 193 Å². The molecule has 0 aromatic carbocycles. The smallest absolute Gasteiger partial charge is 0.472 e. The van der Waals surface area contributed by atoms with E-state index in [1.165, 1.54) is 128 Å². The molecule has 0 bridgehead atoms. The van der Waals surface area contributed by atoms with Crippen molar-refractivity contribution in [1.82, 2.24) is 0 Å². The monoisotopic (exact) mass is 832 g/mol. The number of aliphatic carboxylic acids is 1. The van der Waals surface area contributed by atoms with Crippen LogP contribution in [0, 0.1) is 0 Å². The van der Waals surface area contributed by atoms with E-state index in [0.717, 1.165) is 57.8 Å². The molecule has 3 atom stereocenters. The van der Waals surface area contributed by atoms with Crippen LogP contribution in [-0.4, -0.2) is 59.9 Å². The van der Waals surface area contributed by atoms with Gasteiger partial charge in [0.15, 0.2) is 6.10 Å². The number of rotatable bonds is 44. The Hall–Kier alpha value is -1.78. The molecule has 0 fully saturated rings. The molecule has 0 radical (unpaired) electrons. The summed E-state index contributed by atoms with van der Waals surface area (Å²) >= 11 is 0. The maximum absolute atomic E-state index is 12.6. The third-order valence-corrected chi connectivity index (χ3v) is 11.2. The van der Waals surface area contributed by atoms with Crippen LogP contribution in [0.1, 0.15) is 226 Å². The van der Waals surface area contributed by atoms with Crippen molar-refractivity contribution in [2.75, 3.05) is 19.8 Å². The van der Waals surface area contributed by atoms with E-state index >= 15 is 0 Å². The maximum Gasteiger partial charge on any atom is 0.472 e. The first kappa shape index (κ1) is 55.2. The van der Waals surface area contributed by atoms with Gasteiger partial charge in [0.2, 0.25) is 0 Å². The molecule has 336 valence electrons. The van der Waals surface area contributed by atoms with Gasteiger partial charge in [-0.05, 0) is 32.1 Å².